The standard InChI is InChI=1S/C12H14F5NO3/c1-2-19-10-5-8(3-4-9(10)21-11(13)14)6-18-20-7-12(15,16)17/h3-5,11,18H,2,6-7H2,1H3. The van der Waals surface area contributed by atoms with Crippen LogP contribution in [0.15, 0.2) is 18.2 Å². The SMILES string of the molecule is CCOc1cc(CNOCC(F)(F)F)ccc1OC(F)F. The first kappa shape index (κ1) is 17.4. The maximum absolute atomic E-state index is 12.2. The summed E-state index contributed by atoms with van der Waals surface area (Å²) < 4.78 is 69.3. The van der Waals surface area contributed by atoms with Crippen LogP contribution in [0.4, 0.5) is 22.0 Å². The van der Waals surface area contributed by atoms with Gasteiger partial charge in [-0.1, -0.05) is 6.07 Å². The molecule has 9 heteroatoms. The summed E-state index contributed by atoms with van der Waals surface area (Å²) in [7, 11) is 0. The topological polar surface area (TPSA) is 39.7 Å². The number of rotatable bonds is 8. The second kappa shape index (κ2) is 7.99. The number of hydroxylamine groups is 1. The zero-order valence-corrected chi connectivity index (χ0v) is 11.0. The molecule has 0 aliphatic carbocycles. The Bertz CT molecular complexity index is 439. The Hall–Kier alpha value is -1.61. The van der Waals surface area contributed by atoms with Gasteiger partial charge in [0.25, 0.3) is 0 Å². The third kappa shape index (κ3) is 7.09. The normalized spacial score (nSPS) is 11.8. The molecule has 0 spiro atoms. The van der Waals surface area contributed by atoms with Gasteiger partial charge in [-0.3, -0.25) is 4.84 Å². The molecule has 0 unspecified atom stereocenters. The minimum Gasteiger partial charge on any atom is -0.490 e. The lowest BCUT2D eigenvalue weighted by Gasteiger charge is -2.13. The smallest absolute Gasteiger partial charge is 0.413 e. The average molecular weight is 315 g/mol. The fourth-order valence-corrected chi connectivity index (χ4v) is 1.39. The Morgan fingerprint density at radius 2 is 1.90 bits per heavy atom. The lowest BCUT2D eigenvalue weighted by atomic mass is 10.2. The molecule has 0 saturated heterocycles. The fourth-order valence-electron chi connectivity index (χ4n) is 1.39. The minimum atomic E-state index is -4.43. The first-order chi connectivity index (χ1) is 9.81. The van der Waals surface area contributed by atoms with Gasteiger partial charge in [-0.25, -0.2) is 0 Å². The predicted octanol–water partition coefficient (Wildman–Crippen LogP) is 3.27. The summed E-state index contributed by atoms with van der Waals surface area (Å²) in [5.74, 6) is -0.0697. The average Bonchev–Trinajstić information content (AvgIpc) is 2.36. The molecule has 1 aromatic carbocycles. The van der Waals surface area contributed by atoms with Crippen molar-refractivity contribution in [3.63, 3.8) is 0 Å². The van der Waals surface area contributed by atoms with Crippen molar-refractivity contribution < 1.29 is 36.3 Å². The molecule has 0 aromatic heterocycles. The maximum Gasteiger partial charge on any atom is 0.413 e. The number of ether oxygens (including phenoxy) is 2. The van der Waals surface area contributed by atoms with E-state index in [0.717, 1.165) is 0 Å². The monoisotopic (exact) mass is 315 g/mol. The van der Waals surface area contributed by atoms with E-state index in [1.807, 2.05) is 0 Å². The van der Waals surface area contributed by atoms with Gasteiger partial charge < -0.3 is 9.47 Å². The van der Waals surface area contributed by atoms with Crippen LogP contribution in [-0.4, -0.2) is 26.0 Å². The molecule has 0 bridgehead atoms. The first-order valence-corrected chi connectivity index (χ1v) is 5.93. The Balaban J connectivity index is 2.61. The largest absolute Gasteiger partial charge is 0.490 e. The van der Waals surface area contributed by atoms with E-state index in [9.17, 15) is 22.0 Å². The molecule has 0 heterocycles. The van der Waals surface area contributed by atoms with Gasteiger partial charge in [0.1, 0.15) is 0 Å². The Kier molecular flexibility index (Phi) is 6.63. The maximum atomic E-state index is 12.2. The lowest BCUT2D eigenvalue weighted by Crippen LogP contribution is -2.24. The number of hydrogen-bond acceptors (Lipinski definition) is 4. The van der Waals surface area contributed by atoms with E-state index in [2.05, 4.69) is 15.1 Å². The van der Waals surface area contributed by atoms with Crippen LogP contribution in [0.5, 0.6) is 11.5 Å². The van der Waals surface area contributed by atoms with Crippen LogP contribution in [0, 0.1) is 0 Å². The van der Waals surface area contributed by atoms with Crippen molar-refractivity contribution in [1.29, 1.82) is 0 Å². The molecule has 0 radical (unpaired) electrons. The van der Waals surface area contributed by atoms with E-state index in [1.54, 1.807) is 6.92 Å². The molecule has 0 atom stereocenters. The molecule has 0 fully saturated rings. The fraction of sp³-hybridized carbons (Fsp3) is 0.500. The molecule has 0 aliphatic heterocycles. The Morgan fingerprint density at radius 1 is 1.19 bits per heavy atom. The van der Waals surface area contributed by atoms with Gasteiger partial charge in [-0.15, -0.1) is 0 Å². The van der Waals surface area contributed by atoms with E-state index in [4.69, 9.17) is 4.74 Å². The van der Waals surface area contributed by atoms with Crippen LogP contribution in [0.1, 0.15) is 12.5 Å². The molecule has 0 amide bonds. The van der Waals surface area contributed by atoms with Crippen molar-refractivity contribution in [2.45, 2.75) is 26.3 Å². The third-order valence-electron chi connectivity index (χ3n) is 2.14. The summed E-state index contributed by atoms with van der Waals surface area (Å²) in [6, 6.07) is 4.03. The zero-order valence-electron chi connectivity index (χ0n) is 11.0. The molecule has 0 saturated carbocycles. The molecular weight excluding hydrogens is 301 g/mol. The lowest BCUT2D eigenvalue weighted by molar-refractivity contribution is -0.190. The van der Waals surface area contributed by atoms with E-state index < -0.39 is 19.4 Å². The highest BCUT2D eigenvalue weighted by molar-refractivity contribution is 5.43. The van der Waals surface area contributed by atoms with Crippen molar-refractivity contribution in [3.8, 4) is 11.5 Å². The summed E-state index contributed by atoms with van der Waals surface area (Å²) in [5.41, 5.74) is 2.61. The van der Waals surface area contributed by atoms with Gasteiger partial charge in [0, 0.05) is 6.54 Å². The highest BCUT2D eigenvalue weighted by Crippen LogP contribution is 2.29. The molecule has 0 aliphatic rings. The molecular formula is C12H14F5NO3. The van der Waals surface area contributed by atoms with Crippen LogP contribution < -0.4 is 15.0 Å². The van der Waals surface area contributed by atoms with Gasteiger partial charge in [-0.05, 0) is 24.6 Å². The summed E-state index contributed by atoms with van der Waals surface area (Å²) in [4.78, 5) is 4.23. The molecule has 4 nitrogen and oxygen atoms in total. The van der Waals surface area contributed by atoms with E-state index >= 15 is 0 Å². The highest BCUT2D eigenvalue weighted by atomic mass is 19.4. The number of alkyl halides is 5. The second-order valence-corrected chi connectivity index (χ2v) is 3.82. The van der Waals surface area contributed by atoms with Crippen LogP contribution in [0.25, 0.3) is 0 Å². The minimum absolute atomic E-state index is 0.0505. The molecule has 1 rings (SSSR count). The van der Waals surface area contributed by atoms with E-state index in [1.165, 1.54) is 18.2 Å². The van der Waals surface area contributed by atoms with Crippen LogP contribution in [0.2, 0.25) is 0 Å². The molecule has 21 heavy (non-hydrogen) atoms. The highest BCUT2D eigenvalue weighted by Gasteiger charge is 2.27. The predicted molar refractivity (Wildman–Crippen MR) is 63.1 cm³/mol. The Morgan fingerprint density at radius 3 is 2.48 bits per heavy atom. The number of benzene rings is 1. The molecule has 1 N–H and O–H groups in total. The van der Waals surface area contributed by atoms with Crippen molar-refractivity contribution in [1.82, 2.24) is 5.48 Å². The molecule has 120 valence electrons. The van der Waals surface area contributed by atoms with E-state index in [0.29, 0.717) is 5.56 Å². The summed E-state index contributed by atoms with van der Waals surface area (Å²) in [6.07, 6.45) is -4.43. The van der Waals surface area contributed by atoms with Crippen molar-refractivity contribution in [3.05, 3.63) is 23.8 Å². The van der Waals surface area contributed by atoms with Crippen LogP contribution in [-0.2, 0) is 11.4 Å². The number of halogens is 5. The molecule has 1 aromatic rings. The number of hydrogen-bond donors (Lipinski definition) is 1. The summed E-state index contributed by atoms with van der Waals surface area (Å²) in [5, 5.41) is 0. The summed E-state index contributed by atoms with van der Waals surface area (Å²) in [6.45, 7) is -2.60. The Labute approximate surface area is 117 Å². The van der Waals surface area contributed by atoms with Crippen molar-refractivity contribution >= 4 is 0 Å². The van der Waals surface area contributed by atoms with E-state index in [-0.39, 0.29) is 24.7 Å². The van der Waals surface area contributed by atoms with Gasteiger partial charge in [0.05, 0.1) is 6.61 Å². The van der Waals surface area contributed by atoms with Crippen molar-refractivity contribution in [2.75, 3.05) is 13.2 Å². The second-order valence-electron chi connectivity index (χ2n) is 3.82. The van der Waals surface area contributed by atoms with Crippen molar-refractivity contribution in [2.24, 2.45) is 0 Å². The summed E-state index contributed by atoms with van der Waals surface area (Å²) >= 11 is 0. The quantitative estimate of drug-likeness (QED) is 0.454. The van der Waals surface area contributed by atoms with Gasteiger partial charge in [0.15, 0.2) is 18.1 Å². The van der Waals surface area contributed by atoms with Crippen LogP contribution >= 0.6 is 0 Å². The third-order valence-corrected chi connectivity index (χ3v) is 2.14. The van der Waals surface area contributed by atoms with Gasteiger partial charge >= 0.3 is 12.8 Å². The van der Waals surface area contributed by atoms with Gasteiger partial charge in [0.2, 0.25) is 0 Å². The first-order valence-electron chi connectivity index (χ1n) is 5.93. The number of nitrogens with one attached hydrogen (secondary N) is 1. The zero-order chi connectivity index (χ0) is 15.9. The van der Waals surface area contributed by atoms with Crippen LogP contribution in [0.3, 0.4) is 0 Å². The van der Waals surface area contributed by atoms with Gasteiger partial charge in [-0.2, -0.15) is 27.4 Å².